The van der Waals surface area contributed by atoms with Crippen molar-refractivity contribution in [2.75, 3.05) is 7.11 Å². The average Bonchev–Trinajstić information content (AvgIpc) is 2.92. The molecular formula is C19H26N2O5S. The Morgan fingerprint density at radius 1 is 1.22 bits per heavy atom. The third-order valence-electron chi connectivity index (χ3n) is 4.11. The van der Waals surface area contributed by atoms with E-state index in [-0.39, 0.29) is 30.0 Å². The van der Waals surface area contributed by atoms with Crippen LogP contribution in [0.5, 0.6) is 0 Å². The number of aryl methyl sites for hydroxylation is 1. The van der Waals surface area contributed by atoms with Crippen molar-refractivity contribution >= 4 is 33.5 Å². The summed E-state index contributed by atoms with van der Waals surface area (Å²) < 4.78 is 11.5. The van der Waals surface area contributed by atoms with Gasteiger partial charge < -0.3 is 9.47 Å². The van der Waals surface area contributed by atoms with Crippen molar-refractivity contribution in [1.82, 2.24) is 9.55 Å². The van der Waals surface area contributed by atoms with Crippen molar-refractivity contribution in [3.8, 4) is 0 Å². The molecule has 0 aromatic carbocycles. The lowest BCUT2D eigenvalue weighted by Crippen LogP contribution is -2.26. The first-order chi connectivity index (χ1) is 12.7. The van der Waals surface area contributed by atoms with Crippen LogP contribution in [0.1, 0.15) is 67.5 Å². The number of carbonyl (C=O) groups excluding carboxylic acids is 2. The van der Waals surface area contributed by atoms with Crippen molar-refractivity contribution < 1.29 is 19.1 Å². The number of hydrogen-bond acceptors (Lipinski definition) is 7. The summed E-state index contributed by atoms with van der Waals surface area (Å²) in [4.78, 5) is 42.4. The van der Waals surface area contributed by atoms with Crippen molar-refractivity contribution in [3.05, 3.63) is 26.6 Å². The molecule has 27 heavy (non-hydrogen) atoms. The van der Waals surface area contributed by atoms with E-state index < -0.39 is 5.97 Å². The number of rotatable bonds is 7. The Labute approximate surface area is 162 Å². The lowest BCUT2D eigenvalue weighted by atomic mass is 10.1. The molecule has 0 saturated heterocycles. The second-order valence-electron chi connectivity index (χ2n) is 6.95. The van der Waals surface area contributed by atoms with Gasteiger partial charge in [0.15, 0.2) is 0 Å². The molecule has 0 aliphatic rings. The number of thiophene rings is 1. The van der Waals surface area contributed by atoms with Crippen LogP contribution in [0.2, 0.25) is 0 Å². The van der Waals surface area contributed by atoms with Gasteiger partial charge in [0.05, 0.1) is 18.6 Å². The van der Waals surface area contributed by atoms with Gasteiger partial charge in [-0.25, -0.2) is 9.78 Å². The molecule has 7 nitrogen and oxygen atoms in total. The van der Waals surface area contributed by atoms with Gasteiger partial charge in [-0.05, 0) is 32.8 Å². The van der Waals surface area contributed by atoms with Crippen molar-refractivity contribution in [3.63, 3.8) is 0 Å². The molecular weight excluding hydrogens is 368 g/mol. The second-order valence-corrected chi connectivity index (χ2v) is 7.95. The van der Waals surface area contributed by atoms with Gasteiger partial charge in [0.2, 0.25) is 0 Å². The summed E-state index contributed by atoms with van der Waals surface area (Å²) in [5.41, 5.74) is 0.404. The fraction of sp³-hybridized carbons (Fsp3) is 0.579. The molecule has 0 spiro atoms. The van der Waals surface area contributed by atoms with Crippen LogP contribution in [0.4, 0.5) is 0 Å². The predicted molar refractivity (Wildman–Crippen MR) is 105 cm³/mol. The maximum absolute atomic E-state index is 13.1. The zero-order chi connectivity index (χ0) is 20.3. The first kappa shape index (κ1) is 21.1. The molecule has 0 aliphatic carbocycles. The van der Waals surface area contributed by atoms with E-state index in [2.05, 4.69) is 9.72 Å². The molecule has 0 saturated carbocycles. The zero-order valence-electron chi connectivity index (χ0n) is 16.6. The third kappa shape index (κ3) is 4.55. The van der Waals surface area contributed by atoms with Crippen molar-refractivity contribution in [2.24, 2.45) is 0 Å². The Morgan fingerprint density at radius 2 is 1.89 bits per heavy atom. The molecule has 0 amide bonds. The fourth-order valence-electron chi connectivity index (χ4n) is 2.83. The predicted octanol–water partition coefficient (Wildman–Crippen LogP) is 3.41. The Bertz CT molecular complexity index is 911. The van der Waals surface area contributed by atoms with Crippen molar-refractivity contribution in [1.29, 1.82) is 0 Å². The highest BCUT2D eigenvalue weighted by molar-refractivity contribution is 7.20. The van der Waals surface area contributed by atoms with Crippen LogP contribution in [0.3, 0.4) is 0 Å². The SMILES string of the molecule is COC(=O)CCCn1c(C(C)C)nc2sc(C(=O)OC(C)C)c(C)c2c1=O. The van der Waals surface area contributed by atoms with E-state index in [1.165, 1.54) is 18.4 Å². The largest absolute Gasteiger partial charge is 0.469 e. The quantitative estimate of drug-likeness (QED) is 0.669. The van der Waals surface area contributed by atoms with Gasteiger partial charge in [0.25, 0.3) is 5.56 Å². The van der Waals surface area contributed by atoms with E-state index in [0.717, 1.165) is 0 Å². The number of fused-ring (bicyclic) bond motifs is 1. The van der Waals surface area contributed by atoms with Crippen molar-refractivity contribution in [2.45, 2.75) is 66.0 Å². The van der Waals surface area contributed by atoms with Crippen LogP contribution in [0.25, 0.3) is 10.2 Å². The molecule has 2 rings (SSSR count). The molecule has 0 bridgehead atoms. The molecule has 148 valence electrons. The van der Waals surface area contributed by atoms with Crippen LogP contribution in [-0.2, 0) is 20.8 Å². The normalized spacial score (nSPS) is 11.4. The molecule has 8 heteroatoms. The second kappa shape index (κ2) is 8.65. The molecule has 2 aromatic heterocycles. The molecule has 0 atom stereocenters. The van der Waals surface area contributed by atoms with Crippen LogP contribution < -0.4 is 5.56 Å². The van der Waals surface area contributed by atoms with E-state index in [0.29, 0.717) is 39.4 Å². The first-order valence-electron chi connectivity index (χ1n) is 8.99. The smallest absolute Gasteiger partial charge is 0.348 e. The number of hydrogen-bond donors (Lipinski definition) is 0. The van der Waals surface area contributed by atoms with E-state index in [1.807, 2.05) is 13.8 Å². The average molecular weight is 394 g/mol. The number of aromatic nitrogens is 2. The summed E-state index contributed by atoms with van der Waals surface area (Å²) in [5, 5.41) is 0.443. The first-order valence-corrected chi connectivity index (χ1v) is 9.80. The summed E-state index contributed by atoms with van der Waals surface area (Å²) in [5.74, 6) is -0.0852. The third-order valence-corrected chi connectivity index (χ3v) is 5.28. The van der Waals surface area contributed by atoms with E-state index in [1.54, 1.807) is 25.3 Å². The molecule has 2 heterocycles. The lowest BCUT2D eigenvalue weighted by molar-refractivity contribution is -0.140. The summed E-state index contributed by atoms with van der Waals surface area (Å²) >= 11 is 1.19. The minimum absolute atomic E-state index is 0.0219. The highest BCUT2D eigenvalue weighted by Crippen LogP contribution is 2.29. The highest BCUT2D eigenvalue weighted by Gasteiger charge is 2.23. The topological polar surface area (TPSA) is 87.5 Å². The number of ether oxygens (including phenoxy) is 2. The molecule has 2 aromatic rings. The maximum Gasteiger partial charge on any atom is 0.348 e. The van der Waals surface area contributed by atoms with Crippen LogP contribution in [0.15, 0.2) is 4.79 Å². The number of esters is 2. The van der Waals surface area contributed by atoms with Gasteiger partial charge in [-0.1, -0.05) is 13.8 Å². The maximum atomic E-state index is 13.1. The van der Waals surface area contributed by atoms with Gasteiger partial charge in [0, 0.05) is 18.9 Å². The van der Waals surface area contributed by atoms with E-state index >= 15 is 0 Å². The molecule has 0 radical (unpaired) electrons. The highest BCUT2D eigenvalue weighted by atomic mass is 32.1. The summed E-state index contributed by atoms with van der Waals surface area (Å²) in [6.45, 7) is 9.59. The van der Waals surface area contributed by atoms with Gasteiger partial charge in [-0.15, -0.1) is 11.3 Å². The van der Waals surface area contributed by atoms with E-state index in [9.17, 15) is 14.4 Å². The van der Waals surface area contributed by atoms with Crippen LogP contribution >= 0.6 is 11.3 Å². The van der Waals surface area contributed by atoms with Crippen LogP contribution in [0, 0.1) is 6.92 Å². The summed E-state index contributed by atoms with van der Waals surface area (Å²) in [6, 6.07) is 0. The van der Waals surface area contributed by atoms with Gasteiger partial charge in [-0.2, -0.15) is 0 Å². The number of nitrogens with zero attached hydrogens (tertiary/aromatic N) is 2. The summed E-state index contributed by atoms with van der Waals surface area (Å²) in [6.07, 6.45) is 0.467. The van der Waals surface area contributed by atoms with Gasteiger partial charge >= 0.3 is 11.9 Å². The monoisotopic (exact) mass is 394 g/mol. The van der Waals surface area contributed by atoms with Gasteiger partial charge in [-0.3, -0.25) is 14.2 Å². The minimum atomic E-state index is -0.437. The molecule has 0 fully saturated rings. The van der Waals surface area contributed by atoms with Crippen LogP contribution in [-0.4, -0.2) is 34.7 Å². The minimum Gasteiger partial charge on any atom is -0.469 e. The lowest BCUT2D eigenvalue weighted by Gasteiger charge is -2.14. The molecule has 0 N–H and O–H groups in total. The summed E-state index contributed by atoms with van der Waals surface area (Å²) in [7, 11) is 1.34. The molecule has 0 aliphatic heterocycles. The Balaban J connectivity index is 2.52. The Kier molecular flexibility index (Phi) is 6.75. The Hall–Kier alpha value is -2.22. The zero-order valence-corrected chi connectivity index (χ0v) is 17.4. The Morgan fingerprint density at radius 3 is 2.44 bits per heavy atom. The fourth-order valence-corrected chi connectivity index (χ4v) is 3.90. The standard InChI is InChI=1S/C19H26N2O5S/c1-10(2)16-20-17-14(12(5)15(27-17)19(24)26-11(3)4)18(23)21(16)9-7-8-13(22)25-6/h10-11H,7-9H2,1-6H3. The molecule has 0 unspecified atom stereocenters. The van der Waals surface area contributed by atoms with E-state index in [4.69, 9.17) is 4.74 Å². The number of methoxy groups -OCH3 is 1. The number of carbonyl (C=O) groups is 2. The van der Waals surface area contributed by atoms with Gasteiger partial charge in [0.1, 0.15) is 15.5 Å².